The lowest BCUT2D eigenvalue weighted by molar-refractivity contribution is -0.131. The number of likely N-dealkylation sites (N-methyl/N-ethyl adjacent to an activating group) is 1. The summed E-state index contributed by atoms with van der Waals surface area (Å²) in [5.74, 6) is -0.0554. The van der Waals surface area contributed by atoms with Crippen LogP contribution in [0.5, 0.6) is 0 Å². The molecule has 112 valence electrons. The number of nitrogens with zero attached hydrogens (tertiary/aromatic N) is 4. The number of aliphatic hydroxyl groups excluding tert-OH is 1. The second kappa shape index (κ2) is 6.99. The van der Waals surface area contributed by atoms with E-state index in [4.69, 9.17) is 0 Å². The fourth-order valence-corrected chi connectivity index (χ4v) is 1.88. The zero-order chi connectivity index (χ0) is 15.2. The Morgan fingerprint density at radius 2 is 2.10 bits per heavy atom. The number of rotatable bonds is 6. The standard InChI is InChI=1S/C15H20N4O2/c1-12(20)8-9-18(2)15(21)11-19-10-14(16-17-19)13-6-4-3-5-7-13/h3-7,10,12,20H,8-9,11H2,1-2H3. The maximum Gasteiger partial charge on any atom is 0.244 e. The molecule has 1 heterocycles. The van der Waals surface area contributed by atoms with Gasteiger partial charge in [0, 0.05) is 19.2 Å². The first-order valence-electron chi connectivity index (χ1n) is 6.94. The molecular weight excluding hydrogens is 268 g/mol. The average Bonchev–Trinajstić information content (AvgIpc) is 2.94. The van der Waals surface area contributed by atoms with Crippen LogP contribution in [0.4, 0.5) is 0 Å². The van der Waals surface area contributed by atoms with E-state index in [1.165, 1.54) is 4.68 Å². The van der Waals surface area contributed by atoms with Crippen LogP contribution in [0.3, 0.4) is 0 Å². The lowest BCUT2D eigenvalue weighted by Crippen LogP contribution is -2.32. The highest BCUT2D eigenvalue weighted by Gasteiger charge is 2.12. The fourth-order valence-electron chi connectivity index (χ4n) is 1.88. The van der Waals surface area contributed by atoms with E-state index >= 15 is 0 Å². The molecule has 2 rings (SSSR count). The third kappa shape index (κ3) is 4.39. The predicted octanol–water partition coefficient (Wildman–Crippen LogP) is 1.17. The van der Waals surface area contributed by atoms with Crippen molar-refractivity contribution in [2.24, 2.45) is 0 Å². The van der Waals surface area contributed by atoms with Crippen LogP contribution in [0.25, 0.3) is 11.3 Å². The zero-order valence-corrected chi connectivity index (χ0v) is 12.3. The quantitative estimate of drug-likeness (QED) is 0.866. The summed E-state index contributed by atoms with van der Waals surface area (Å²) in [7, 11) is 1.72. The van der Waals surface area contributed by atoms with Crippen molar-refractivity contribution in [1.29, 1.82) is 0 Å². The minimum absolute atomic E-state index is 0.0554. The molecule has 6 nitrogen and oxygen atoms in total. The largest absolute Gasteiger partial charge is 0.393 e. The topological polar surface area (TPSA) is 71.2 Å². The monoisotopic (exact) mass is 288 g/mol. The van der Waals surface area contributed by atoms with Crippen LogP contribution in [-0.2, 0) is 11.3 Å². The molecule has 0 saturated heterocycles. The van der Waals surface area contributed by atoms with Gasteiger partial charge in [-0.1, -0.05) is 35.5 Å². The van der Waals surface area contributed by atoms with Crippen molar-refractivity contribution in [3.8, 4) is 11.3 Å². The molecular formula is C15H20N4O2. The van der Waals surface area contributed by atoms with Crippen molar-refractivity contribution in [3.63, 3.8) is 0 Å². The molecule has 0 aliphatic rings. The highest BCUT2D eigenvalue weighted by molar-refractivity contribution is 5.75. The second-order valence-electron chi connectivity index (χ2n) is 5.12. The Balaban J connectivity index is 1.95. The van der Waals surface area contributed by atoms with Gasteiger partial charge in [-0.2, -0.15) is 0 Å². The number of amides is 1. The molecule has 0 saturated carbocycles. The van der Waals surface area contributed by atoms with Crippen LogP contribution in [0.1, 0.15) is 13.3 Å². The van der Waals surface area contributed by atoms with Crippen molar-refractivity contribution >= 4 is 5.91 Å². The number of hydrogen-bond acceptors (Lipinski definition) is 4. The summed E-state index contributed by atoms with van der Waals surface area (Å²) < 4.78 is 1.53. The Morgan fingerprint density at radius 3 is 2.76 bits per heavy atom. The second-order valence-corrected chi connectivity index (χ2v) is 5.12. The highest BCUT2D eigenvalue weighted by Crippen LogP contribution is 2.14. The van der Waals surface area contributed by atoms with E-state index < -0.39 is 6.10 Å². The van der Waals surface area contributed by atoms with Gasteiger partial charge in [-0.3, -0.25) is 4.79 Å². The van der Waals surface area contributed by atoms with Crippen molar-refractivity contribution in [3.05, 3.63) is 36.5 Å². The Hall–Kier alpha value is -2.21. The average molecular weight is 288 g/mol. The summed E-state index contributed by atoms with van der Waals surface area (Å²) in [6.45, 7) is 2.38. The lowest BCUT2D eigenvalue weighted by Gasteiger charge is -2.17. The van der Waals surface area contributed by atoms with Crippen molar-refractivity contribution in [2.45, 2.75) is 26.0 Å². The molecule has 1 aromatic heterocycles. The summed E-state index contributed by atoms with van der Waals surface area (Å²) >= 11 is 0. The highest BCUT2D eigenvalue weighted by atomic mass is 16.3. The van der Waals surface area contributed by atoms with Crippen molar-refractivity contribution in [1.82, 2.24) is 19.9 Å². The first kappa shape index (κ1) is 15.2. The Labute approximate surface area is 124 Å². The van der Waals surface area contributed by atoms with Crippen LogP contribution in [0.2, 0.25) is 0 Å². The van der Waals surface area contributed by atoms with Crippen LogP contribution in [-0.4, -0.2) is 50.6 Å². The minimum atomic E-state index is -0.406. The molecule has 21 heavy (non-hydrogen) atoms. The van der Waals surface area contributed by atoms with Gasteiger partial charge in [-0.15, -0.1) is 5.10 Å². The number of aliphatic hydroxyl groups is 1. The van der Waals surface area contributed by atoms with Gasteiger partial charge >= 0.3 is 0 Å². The SMILES string of the molecule is CC(O)CCN(C)C(=O)Cn1cc(-c2ccccc2)nn1. The first-order chi connectivity index (χ1) is 10.1. The summed E-state index contributed by atoms with van der Waals surface area (Å²) in [6, 6.07) is 9.71. The lowest BCUT2D eigenvalue weighted by atomic mass is 10.2. The van der Waals surface area contributed by atoms with Crippen LogP contribution in [0.15, 0.2) is 36.5 Å². The smallest absolute Gasteiger partial charge is 0.244 e. The van der Waals surface area contributed by atoms with Gasteiger partial charge in [0.15, 0.2) is 0 Å². The van der Waals surface area contributed by atoms with Gasteiger partial charge in [0.1, 0.15) is 12.2 Å². The summed E-state index contributed by atoms with van der Waals surface area (Å²) in [5.41, 5.74) is 1.72. The molecule has 0 aliphatic heterocycles. The van der Waals surface area contributed by atoms with Gasteiger partial charge in [0.2, 0.25) is 5.91 Å². The molecule has 1 N–H and O–H groups in total. The van der Waals surface area contributed by atoms with E-state index in [9.17, 15) is 9.90 Å². The van der Waals surface area contributed by atoms with Gasteiger partial charge in [-0.05, 0) is 13.3 Å². The number of hydrogen-bond donors (Lipinski definition) is 1. The third-order valence-electron chi connectivity index (χ3n) is 3.21. The van der Waals surface area contributed by atoms with Crippen LogP contribution >= 0.6 is 0 Å². The third-order valence-corrected chi connectivity index (χ3v) is 3.21. The Morgan fingerprint density at radius 1 is 1.38 bits per heavy atom. The molecule has 0 bridgehead atoms. The van der Waals surface area contributed by atoms with E-state index in [1.807, 2.05) is 30.3 Å². The van der Waals surface area contributed by atoms with Gasteiger partial charge in [0.05, 0.1) is 12.3 Å². The molecule has 0 aliphatic carbocycles. The molecule has 2 aromatic rings. The molecule has 0 spiro atoms. The summed E-state index contributed by atoms with van der Waals surface area (Å²) in [4.78, 5) is 13.6. The summed E-state index contributed by atoms with van der Waals surface area (Å²) in [5, 5.41) is 17.3. The molecule has 1 atom stereocenters. The molecule has 1 unspecified atom stereocenters. The summed E-state index contributed by atoms with van der Waals surface area (Å²) in [6.07, 6.45) is 1.92. The normalized spacial score (nSPS) is 12.1. The molecule has 1 amide bonds. The van der Waals surface area contributed by atoms with E-state index in [0.29, 0.717) is 13.0 Å². The van der Waals surface area contributed by atoms with Crippen molar-refractivity contribution < 1.29 is 9.90 Å². The fraction of sp³-hybridized carbons (Fsp3) is 0.400. The number of carbonyl (C=O) groups is 1. The zero-order valence-electron chi connectivity index (χ0n) is 12.3. The van der Waals surface area contributed by atoms with E-state index in [0.717, 1.165) is 11.3 Å². The molecule has 6 heteroatoms. The number of carbonyl (C=O) groups excluding carboxylic acids is 1. The van der Waals surface area contributed by atoms with E-state index in [1.54, 1.807) is 25.1 Å². The maximum atomic E-state index is 12.0. The van der Waals surface area contributed by atoms with Crippen LogP contribution < -0.4 is 0 Å². The van der Waals surface area contributed by atoms with Crippen molar-refractivity contribution in [2.75, 3.05) is 13.6 Å². The predicted molar refractivity (Wildman–Crippen MR) is 79.4 cm³/mol. The first-order valence-corrected chi connectivity index (χ1v) is 6.94. The van der Waals surface area contributed by atoms with E-state index in [-0.39, 0.29) is 12.5 Å². The number of aromatic nitrogens is 3. The van der Waals surface area contributed by atoms with Gasteiger partial charge < -0.3 is 10.0 Å². The van der Waals surface area contributed by atoms with Gasteiger partial charge in [-0.25, -0.2) is 4.68 Å². The van der Waals surface area contributed by atoms with E-state index in [2.05, 4.69) is 10.3 Å². The molecule has 0 fully saturated rings. The molecule has 0 radical (unpaired) electrons. The Kier molecular flexibility index (Phi) is 5.05. The molecule has 1 aromatic carbocycles. The number of benzene rings is 1. The maximum absolute atomic E-state index is 12.0. The minimum Gasteiger partial charge on any atom is -0.393 e. The van der Waals surface area contributed by atoms with Crippen LogP contribution in [0, 0.1) is 0 Å². The Bertz CT molecular complexity index is 580. The van der Waals surface area contributed by atoms with Gasteiger partial charge in [0.25, 0.3) is 0 Å².